The van der Waals surface area contributed by atoms with Gasteiger partial charge in [0, 0.05) is 20.2 Å². The van der Waals surface area contributed by atoms with Crippen LogP contribution < -0.4 is 5.73 Å². The van der Waals surface area contributed by atoms with Gasteiger partial charge in [0.25, 0.3) is 0 Å². The minimum absolute atomic E-state index is 0.323. The van der Waals surface area contributed by atoms with Gasteiger partial charge in [-0.1, -0.05) is 11.6 Å². The van der Waals surface area contributed by atoms with Gasteiger partial charge in [0.15, 0.2) is 0 Å². The van der Waals surface area contributed by atoms with Crippen molar-refractivity contribution in [3.8, 4) is 0 Å². The summed E-state index contributed by atoms with van der Waals surface area (Å²) >= 11 is 6.11. The lowest BCUT2D eigenvalue weighted by molar-refractivity contribution is 0.0281. The molecule has 0 amide bonds. The standard InChI is InChI=1S/C12H18ClN3O/c1-17-9-3-2-6-16(7-9)8-11-10(13)4-5-12(14)15-11/h4-5,9H,2-3,6-8H2,1H3,(H2,14,15). The minimum Gasteiger partial charge on any atom is -0.384 e. The lowest BCUT2D eigenvalue weighted by Gasteiger charge is -2.31. The number of piperidine rings is 1. The summed E-state index contributed by atoms with van der Waals surface area (Å²) in [7, 11) is 1.76. The van der Waals surface area contributed by atoms with Crippen LogP contribution in [-0.4, -0.2) is 36.2 Å². The van der Waals surface area contributed by atoms with Crippen LogP contribution in [0.25, 0.3) is 0 Å². The maximum atomic E-state index is 6.11. The van der Waals surface area contributed by atoms with Crippen LogP contribution in [0.1, 0.15) is 18.5 Å². The number of nitrogen functional groups attached to an aromatic ring is 1. The number of likely N-dealkylation sites (tertiary alicyclic amines) is 1. The molecule has 1 atom stereocenters. The molecule has 1 aliphatic heterocycles. The van der Waals surface area contributed by atoms with Crippen molar-refractivity contribution < 1.29 is 4.74 Å². The fourth-order valence-electron chi connectivity index (χ4n) is 2.17. The average Bonchev–Trinajstić information content (AvgIpc) is 2.34. The van der Waals surface area contributed by atoms with Crippen LogP contribution in [0, 0.1) is 0 Å². The Labute approximate surface area is 107 Å². The second-order valence-corrected chi connectivity index (χ2v) is 4.81. The van der Waals surface area contributed by atoms with Crippen LogP contribution in [0.3, 0.4) is 0 Å². The first kappa shape index (κ1) is 12.6. The summed E-state index contributed by atoms with van der Waals surface area (Å²) in [6.07, 6.45) is 2.60. The molecule has 0 radical (unpaired) electrons. The summed E-state index contributed by atoms with van der Waals surface area (Å²) in [6.45, 7) is 2.74. The molecule has 1 saturated heterocycles. The summed E-state index contributed by atoms with van der Waals surface area (Å²) in [5.41, 5.74) is 6.52. The van der Waals surface area contributed by atoms with Crippen LogP contribution in [0.2, 0.25) is 5.02 Å². The first-order chi connectivity index (χ1) is 8.19. The van der Waals surface area contributed by atoms with Crippen molar-refractivity contribution in [2.24, 2.45) is 0 Å². The number of rotatable bonds is 3. The molecule has 0 saturated carbocycles. The second-order valence-electron chi connectivity index (χ2n) is 4.40. The van der Waals surface area contributed by atoms with E-state index in [9.17, 15) is 0 Å². The van der Waals surface area contributed by atoms with E-state index in [2.05, 4.69) is 9.88 Å². The van der Waals surface area contributed by atoms with E-state index in [4.69, 9.17) is 22.1 Å². The smallest absolute Gasteiger partial charge is 0.123 e. The highest BCUT2D eigenvalue weighted by Gasteiger charge is 2.20. The third kappa shape index (κ3) is 3.31. The zero-order valence-electron chi connectivity index (χ0n) is 10.0. The van der Waals surface area contributed by atoms with Crippen LogP contribution >= 0.6 is 11.6 Å². The van der Waals surface area contributed by atoms with E-state index in [1.807, 2.05) is 0 Å². The van der Waals surface area contributed by atoms with Crippen LogP contribution in [0.5, 0.6) is 0 Å². The molecule has 1 fully saturated rings. The van der Waals surface area contributed by atoms with E-state index in [1.165, 1.54) is 0 Å². The van der Waals surface area contributed by atoms with E-state index in [0.717, 1.165) is 38.2 Å². The Hall–Kier alpha value is -0.840. The van der Waals surface area contributed by atoms with Gasteiger partial charge >= 0.3 is 0 Å². The maximum Gasteiger partial charge on any atom is 0.123 e. The Bertz CT molecular complexity index is 386. The van der Waals surface area contributed by atoms with Gasteiger partial charge < -0.3 is 10.5 Å². The summed E-state index contributed by atoms with van der Waals surface area (Å²) in [4.78, 5) is 6.59. The predicted octanol–water partition coefficient (Wildman–Crippen LogP) is 1.93. The monoisotopic (exact) mass is 255 g/mol. The number of pyridine rings is 1. The number of anilines is 1. The topological polar surface area (TPSA) is 51.4 Å². The summed E-state index contributed by atoms with van der Waals surface area (Å²) in [5, 5.41) is 0.679. The number of nitrogens with two attached hydrogens (primary N) is 1. The first-order valence-electron chi connectivity index (χ1n) is 5.85. The normalized spacial score (nSPS) is 21.6. The van der Waals surface area contributed by atoms with Gasteiger partial charge in [-0.05, 0) is 31.5 Å². The Balaban J connectivity index is 2.02. The SMILES string of the molecule is COC1CCCN(Cc2nc(N)ccc2Cl)C1. The number of aromatic nitrogens is 1. The van der Waals surface area contributed by atoms with Crippen molar-refractivity contribution in [1.82, 2.24) is 9.88 Å². The predicted molar refractivity (Wildman–Crippen MR) is 69.0 cm³/mol. The number of hydrogen-bond donors (Lipinski definition) is 1. The third-order valence-corrected chi connectivity index (χ3v) is 3.45. The Morgan fingerprint density at radius 1 is 1.59 bits per heavy atom. The maximum absolute atomic E-state index is 6.11. The first-order valence-corrected chi connectivity index (χ1v) is 6.23. The van der Waals surface area contributed by atoms with Crippen LogP contribution in [0.4, 0.5) is 5.82 Å². The van der Waals surface area contributed by atoms with Crippen molar-refractivity contribution >= 4 is 17.4 Å². The average molecular weight is 256 g/mol. The number of hydrogen-bond acceptors (Lipinski definition) is 4. The number of methoxy groups -OCH3 is 1. The van der Waals surface area contributed by atoms with Crippen LogP contribution in [0.15, 0.2) is 12.1 Å². The molecule has 0 bridgehead atoms. The highest BCUT2D eigenvalue weighted by molar-refractivity contribution is 6.31. The molecule has 2 N–H and O–H groups in total. The molecule has 1 aliphatic rings. The summed E-state index contributed by atoms with van der Waals surface area (Å²) < 4.78 is 5.39. The highest BCUT2D eigenvalue weighted by atomic mass is 35.5. The van der Waals surface area contributed by atoms with Gasteiger partial charge in [0.2, 0.25) is 0 Å². The van der Waals surface area contributed by atoms with Crippen LogP contribution in [-0.2, 0) is 11.3 Å². The fourth-order valence-corrected chi connectivity index (χ4v) is 2.34. The van der Waals surface area contributed by atoms with E-state index in [-0.39, 0.29) is 0 Å². The van der Waals surface area contributed by atoms with Gasteiger partial charge in [0.1, 0.15) is 5.82 Å². The fraction of sp³-hybridized carbons (Fsp3) is 0.583. The van der Waals surface area contributed by atoms with Crippen molar-refractivity contribution in [3.63, 3.8) is 0 Å². The molecule has 1 aromatic rings. The molecule has 2 heterocycles. The molecule has 5 heteroatoms. The zero-order chi connectivity index (χ0) is 12.3. The molecule has 2 rings (SSSR count). The largest absolute Gasteiger partial charge is 0.384 e. The lowest BCUT2D eigenvalue weighted by Crippen LogP contribution is -2.38. The van der Waals surface area contributed by atoms with E-state index in [0.29, 0.717) is 16.9 Å². The van der Waals surface area contributed by atoms with Gasteiger partial charge in [0.05, 0.1) is 16.8 Å². The molecule has 0 spiro atoms. The van der Waals surface area contributed by atoms with Gasteiger partial charge in [-0.15, -0.1) is 0 Å². The Morgan fingerprint density at radius 3 is 3.18 bits per heavy atom. The third-order valence-electron chi connectivity index (χ3n) is 3.11. The quantitative estimate of drug-likeness (QED) is 0.897. The van der Waals surface area contributed by atoms with Gasteiger partial charge in [-0.3, -0.25) is 4.90 Å². The molecule has 94 valence electrons. The molecule has 4 nitrogen and oxygen atoms in total. The van der Waals surface area contributed by atoms with Crippen molar-refractivity contribution in [2.75, 3.05) is 25.9 Å². The molecule has 0 aliphatic carbocycles. The molecule has 17 heavy (non-hydrogen) atoms. The van der Waals surface area contributed by atoms with E-state index >= 15 is 0 Å². The highest BCUT2D eigenvalue weighted by Crippen LogP contribution is 2.20. The molecular weight excluding hydrogens is 238 g/mol. The van der Waals surface area contributed by atoms with E-state index < -0.39 is 0 Å². The Morgan fingerprint density at radius 2 is 2.41 bits per heavy atom. The van der Waals surface area contributed by atoms with Crippen molar-refractivity contribution in [2.45, 2.75) is 25.5 Å². The molecule has 1 unspecified atom stereocenters. The van der Waals surface area contributed by atoms with Gasteiger partial charge in [-0.25, -0.2) is 4.98 Å². The van der Waals surface area contributed by atoms with Crippen molar-refractivity contribution in [1.29, 1.82) is 0 Å². The van der Waals surface area contributed by atoms with E-state index in [1.54, 1.807) is 19.2 Å². The molecular formula is C12H18ClN3O. The number of ether oxygens (including phenoxy) is 1. The minimum atomic E-state index is 0.323. The molecule has 0 aromatic carbocycles. The number of halogens is 1. The number of nitrogens with zero attached hydrogens (tertiary/aromatic N) is 2. The summed E-state index contributed by atoms with van der Waals surface area (Å²) in [5.74, 6) is 0.518. The lowest BCUT2D eigenvalue weighted by atomic mass is 10.1. The Kier molecular flexibility index (Phi) is 4.20. The summed E-state index contributed by atoms with van der Waals surface area (Å²) in [6, 6.07) is 3.52. The zero-order valence-corrected chi connectivity index (χ0v) is 10.8. The second kappa shape index (κ2) is 5.67. The molecule has 1 aromatic heterocycles. The van der Waals surface area contributed by atoms with Crippen molar-refractivity contribution in [3.05, 3.63) is 22.8 Å². The van der Waals surface area contributed by atoms with Gasteiger partial charge in [-0.2, -0.15) is 0 Å².